The van der Waals surface area contributed by atoms with Gasteiger partial charge in [-0.05, 0) is 44.1 Å². The lowest BCUT2D eigenvalue weighted by atomic mass is 9.53. The Balaban J connectivity index is 1.89. The van der Waals surface area contributed by atoms with E-state index in [1.54, 1.807) is 13.2 Å². The van der Waals surface area contributed by atoms with Crippen molar-refractivity contribution in [3.63, 3.8) is 0 Å². The predicted octanol–water partition coefficient (Wildman–Crippen LogP) is 2.23. The Labute approximate surface area is 143 Å². The highest BCUT2D eigenvalue weighted by atomic mass is 79.9. The first-order valence-electron chi connectivity index (χ1n) is 8.02. The summed E-state index contributed by atoms with van der Waals surface area (Å²) in [5, 5.41) is 0. The van der Waals surface area contributed by atoms with Crippen molar-refractivity contribution in [1.82, 2.24) is 4.90 Å². The van der Waals surface area contributed by atoms with E-state index < -0.39 is 6.10 Å². The van der Waals surface area contributed by atoms with Crippen LogP contribution in [-0.2, 0) is 16.6 Å². The van der Waals surface area contributed by atoms with E-state index in [0.29, 0.717) is 6.04 Å². The molecule has 0 N–H and O–H groups in total. The average Bonchev–Trinajstić information content (AvgIpc) is 2.90. The van der Waals surface area contributed by atoms with Gasteiger partial charge in [-0.15, -0.1) is 0 Å². The van der Waals surface area contributed by atoms with E-state index in [0.717, 1.165) is 30.9 Å². The van der Waals surface area contributed by atoms with Crippen LogP contribution in [0.4, 0.5) is 0 Å². The molecule has 23 heavy (non-hydrogen) atoms. The molecule has 2 aliphatic carbocycles. The van der Waals surface area contributed by atoms with Crippen LogP contribution in [0.1, 0.15) is 17.5 Å². The summed E-state index contributed by atoms with van der Waals surface area (Å²) in [6.07, 6.45) is 5.18. The molecule has 2 heterocycles. The van der Waals surface area contributed by atoms with Crippen LogP contribution in [0.25, 0.3) is 0 Å². The Morgan fingerprint density at radius 2 is 2.26 bits per heavy atom. The van der Waals surface area contributed by atoms with Crippen LogP contribution >= 0.6 is 15.9 Å². The predicted molar refractivity (Wildman–Crippen MR) is 89.6 cm³/mol. The highest BCUT2D eigenvalue weighted by molar-refractivity contribution is 9.10. The zero-order valence-electron chi connectivity index (χ0n) is 13.1. The number of carbonyl (C=O) groups excluding carboxylic acids is 1. The van der Waals surface area contributed by atoms with E-state index in [1.807, 2.05) is 6.07 Å². The van der Waals surface area contributed by atoms with Gasteiger partial charge < -0.3 is 14.4 Å². The van der Waals surface area contributed by atoms with Crippen molar-refractivity contribution in [3.05, 3.63) is 35.4 Å². The average molecular weight is 376 g/mol. The fourth-order valence-electron chi connectivity index (χ4n) is 5.22. The number of benzene rings is 1. The molecule has 4 nitrogen and oxygen atoms in total. The van der Waals surface area contributed by atoms with Crippen LogP contribution in [0.3, 0.4) is 0 Å². The number of nitrogens with zero attached hydrogens (tertiary/aromatic N) is 1. The van der Waals surface area contributed by atoms with Gasteiger partial charge in [0.1, 0.15) is 0 Å². The second-order valence-corrected chi connectivity index (χ2v) is 8.37. The molecule has 120 valence electrons. The number of halogens is 1. The number of carbonyl (C=O) groups is 1. The number of piperidine rings is 1. The molecule has 2 bridgehead atoms. The zero-order valence-corrected chi connectivity index (χ0v) is 14.7. The van der Waals surface area contributed by atoms with Gasteiger partial charge >= 0.3 is 0 Å². The number of likely N-dealkylation sites (N-methyl/N-ethyl adjacent to an activating group) is 1. The fraction of sp³-hybridized carbons (Fsp3) is 0.500. The van der Waals surface area contributed by atoms with Gasteiger partial charge in [-0.25, -0.2) is 0 Å². The highest BCUT2D eigenvalue weighted by Crippen LogP contribution is 2.66. The maximum Gasteiger partial charge on any atom is 0.196 e. The number of rotatable bonds is 1. The monoisotopic (exact) mass is 375 g/mol. The third-order valence-corrected chi connectivity index (χ3v) is 7.78. The number of ether oxygens (including phenoxy) is 2. The van der Waals surface area contributed by atoms with E-state index in [1.165, 1.54) is 11.1 Å². The molecule has 0 saturated carbocycles. The number of likely N-dealkylation sites (tertiary alicyclic amines) is 1. The third kappa shape index (κ3) is 1.36. The maximum atomic E-state index is 12.7. The van der Waals surface area contributed by atoms with Crippen LogP contribution in [0.2, 0.25) is 0 Å². The minimum absolute atomic E-state index is 0.0643. The molecule has 5 heteroatoms. The summed E-state index contributed by atoms with van der Waals surface area (Å²) >= 11 is 4.06. The van der Waals surface area contributed by atoms with Crippen LogP contribution in [0.5, 0.6) is 11.5 Å². The molecule has 0 radical (unpaired) electrons. The molecular weight excluding hydrogens is 358 g/mol. The van der Waals surface area contributed by atoms with Gasteiger partial charge in [0.15, 0.2) is 23.4 Å². The van der Waals surface area contributed by atoms with Gasteiger partial charge in [-0.2, -0.15) is 0 Å². The number of hydrogen-bond donors (Lipinski definition) is 0. The first kappa shape index (κ1) is 14.1. The van der Waals surface area contributed by atoms with Crippen LogP contribution in [-0.4, -0.2) is 47.9 Å². The van der Waals surface area contributed by atoms with Gasteiger partial charge in [0.2, 0.25) is 0 Å². The first-order valence-corrected chi connectivity index (χ1v) is 8.81. The third-order valence-electron chi connectivity index (χ3n) is 6.28. The maximum absolute atomic E-state index is 12.7. The molecule has 1 saturated heterocycles. The zero-order chi connectivity index (χ0) is 16.0. The summed E-state index contributed by atoms with van der Waals surface area (Å²) in [4.78, 5) is 15.1. The fourth-order valence-corrected chi connectivity index (χ4v) is 6.47. The molecule has 4 aliphatic rings. The molecule has 4 atom stereocenters. The number of ketones is 1. The number of hydrogen-bond acceptors (Lipinski definition) is 4. The minimum Gasteiger partial charge on any atom is -0.493 e. The van der Waals surface area contributed by atoms with Crippen molar-refractivity contribution in [2.45, 2.75) is 34.7 Å². The van der Waals surface area contributed by atoms with Gasteiger partial charge in [-0.1, -0.05) is 28.1 Å². The highest BCUT2D eigenvalue weighted by Gasteiger charge is 2.71. The van der Waals surface area contributed by atoms with Gasteiger partial charge in [0.05, 0.1) is 16.8 Å². The van der Waals surface area contributed by atoms with Crippen LogP contribution < -0.4 is 9.47 Å². The summed E-state index contributed by atoms with van der Waals surface area (Å²) in [7, 11) is 3.83. The molecule has 2 aliphatic heterocycles. The molecule has 5 rings (SSSR count). The van der Waals surface area contributed by atoms with E-state index in [4.69, 9.17) is 9.47 Å². The van der Waals surface area contributed by atoms with E-state index in [9.17, 15) is 4.79 Å². The van der Waals surface area contributed by atoms with Crippen molar-refractivity contribution in [2.24, 2.45) is 0 Å². The van der Waals surface area contributed by atoms with Crippen molar-refractivity contribution in [3.8, 4) is 11.5 Å². The lowest BCUT2D eigenvalue weighted by molar-refractivity contribution is -0.126. The van der Waals surface area contributed by atoms with Crippen molar-refractivity contribution < 1.29 is 14.3 Å². The van der Waals surface area contributed by atoms with Crippen molar-refractivity contribution in [2.75, 3.05) is 20.7 Å². The second kappa shape index (κ2) is 4.19. The van der Waals surface area contributed by atoms with Crippen LogP contribution in [0.15, 0.2) is 24.3 Å². The molecule has 1 aromatic carbocycles. The number of alkyl halides is 1. The SMILES string of the molecule is COc1ccc2c3c1OC1C(=O)C=C[C@@]4(Br)[C@@H](C2)N(C)CC[C@]314. The van der Waals surface area contributed by atoms with Gasteiger partial charge in [0, 0.05) is 11.6 Å². The van der Waals surface area contributed by atoms with Gasteiger partial charge in [0.25, 0.3) is 0 Å². The Morgan fingerprint density at radius 1 is 1.43 bits per heavy atom. The minimum atomic E-state index is -0.451. The van der Waals surface area contributed by atoms with E-state index in [2.05, 4.69) is 40.0 Å². The topological polar surface area (TPSA) is 38.8 Å². The lowest BCUT2D eigenvalue weighted by Gasteiger charge is -2.60. The second-order valence-electron chi connectivity index (χ2n) is 7.05. The lowest BCUT2D eigenvalue weighted by Crippen LogP contribution is -2.72. The van der Waals surface area contributed by atoms with E-state index in [-0.39, 0.29) is 15.5 Å². The van der Waals surface area contributed by atoms with Gasteiger partial charge in [-0.3, -0.25) is 4.79 Å². The summed E-state index contributed by atoms with van der Waals surface area (Å²) in [6.45, 7) is 0.967. The van der Waals surface area contributed by atoms with Crippen molar-refractivity contribution in [1.29, 1.82) is 0 Å². The number of methoxy groups -OCH3 is 1. The molecule has 1 spiro atoms. The normalized spacial score (nSPS) is 39.9. The smallest absolute Gasteiger partial charge is 0.196 e. The molecular formula is C18H18BrNO3. The Bertz CT molecular complexity index is 776. The molecule has 1 aromatic rings. The van der Waals surface area contributed by atoms with E-state index >= 15 is 0 Å². The Morgan fingerprint density at radius 3 is 3.04 bits per heavy atom. The molecule has 1 fully saturated rings. The quantitative estimate of drug-likeness (QED) is 0.705. The molecule has 0 aromatic heterocycles. The van der Waals surface area contributed by atoms with Crippen LogP contribution in [0, 0.1) is 0 Å². The Hall–Kier alpha value is -1.33. The summed E-state index contributed by atoms with van der Waals surface area (Å²) in [6, 6.07) is 4.43. The first-order chi connectivity index (χ1) is 11.0. The largest absolute Gasteiger partial charge is 0.493 e. The van der Waals surface area contributed by atoms with Crippen molar-refractivity contribution >= 4 is 21.7 Å². The molecule has 1 unspecified atom stereocenters. The summed E-state index contributed by atoms with van der Waals surface area (Å²) < 4.78 is 11.5. The molecule has 0 amide bonds. The summed E-state index contributed by atoms with van der Waals surface area (Å²) in [5.41, 5.74) is 2.16. The summed E-state index contributed by atoms with van der Waals surface area (Å²) in [5.74, 6) is 1.57. The standard InChI is InChI=1S/C18H18BrNO3/c1-20-8-7-17-14-10-3-4-12(22-2)15(14)23-16(17)11(21)5-6-18(17,19)13(20)9-10/h3-6,13,16H,7-9H2,1-2H3/t13-,16?,17+,18-/m1/s1. The Kier molecular flexibility index (Phi) is 2.56.